The summed E-state index contributed by atoms with van der Waals surface area (Å²) in [4.78, 5) is 26.7. The molecule has 1 atom stereocenters. The van der Waals surface area contributed by atoms with E-state index >= 15 is 0 Å². The number of amides is 2. The van der Waals surface area contributed by atoms with Crippen molar-refractivity contribution in [2.75, 3.05) is 20.3 Å². The maximum atomic E-state index is 12.6. The number of rotatable bonds is 7. The predicted octanol–water partition coefficient (Wildman–Crippen LogP) is 2.03. The van der Waals surface area contributed by atoms with Gasteiger partial charge in [-0.3, -0.25) is 9.59 Å². The van der Waals surface area contributed by atoms with Gasteiger partial charge in [0.2, 0.25) is 11.8 Å². The number of nitrogens with zero attached hydrogens (tertiary/aromatic N) is 1. The molecule has 1 aromatic rings. The van der Waals surface area contributed by atoms with Crippen molar-refractivity contribution in [3.05, 3.63) is 35.4 Å². The van der Waals surface area contributed by atoms with Gasteiger partial charge in [-0.2, -0.15) is 0 Å². The Morgan fingerprint density at radius 3 is 2.83 bits per heavy atom. The second-order valence-corrected chi connectivity index (χ2v) is 6.28. The number of nitrogens with one attached hydrogen (secondary N) is 1. The molecule has 1 fully saturated rings. The van der Waals surface area contributed by atoms with Crippen LogP contribution in [0.4, 0.5) is 0 Å². The smallest absolute Gasteiger partial charge is 0.245 e. The van der Waals surface area contributed by atoms with Crippen molar-refractivity contribution in [2.45, 2.75) is 45.2 Å². The van der Waals surface area contributed by atoms with E-state index in [1.54, 1.807) is 12.0 Å². The van der Waals surface area contributed by atoms with Crippen molar-refractivity contribution < 1.29 is 14.3 Å². The molecule has 2 rings (SSSR count). The summed E-state index contributed by atoms with van der Waals surface area (Å²) in [6.45, 7) is 5.55. The third-order valence-corrected chi connectivity index (χ3v) is 4.61. The maximum absolute atomic E-state index is 12.6. The fraction of sp³-hybridized carbons (Fsp3) is 0.556. The Morgan fingerprint density at radius 1 is 1.39 bits per heavy atom. The minimum absolute atomic E-state index is 0.0443. The van der Waals surface area contributed by atoms with E-state index in [4.69, 9.17) is 4.74 Å². The Hall–Kier alpha value is -1.88. The van der Waals surface area contributed by atoms with Crippen LogP contribution < -0.4 is 5.32 Å². The van der Waals surface area contributed by atoms with Crippen molar-refractivity contribution in [1.82, 2.24) is 10.2 Å². The quantitative estimate of drug-likeness (QED) is 0.783. The highest BCUT2D eigenvalue weighted by Crippen LogP contribution is 2.32. The van der Waals surface area contributed by atoms with Crippen molar-refractivity contribution >= 4 is 11.8 Å². The molecule has 1 N–H and O–H groups in total. The number of methoxy groups -OCH3 is 1. The zero-order chi connectivity index (χ0) is 16.9. The number of carbonyl (C=O) groups is 2. The molecule has 5 heteroatoms. The van der Waals surface area contributed by atoms with Crippen LogP contribution in [0.2, 0.25) is 0 Å². The molecular formula is C18H26N2O3. The lowest BCUT2D eigenvalue weighted by Crippen LogP contribution is -2.54. The largest absolute Gasteiger partial charge is 0.385 e. The van der Waals surface area contributed by atoms with Crippen molar-refractivity contribution in [3.63, 3.8) is 0 Å². The molecule has 0 bridgehead atoms. The number of hydrogen-bond acceptors (Lipinski definition) is 3. The van der Waals surface area contributed by atoms with Crippen LogP contribution in [-0.4, -0.2) is 42.5 Å². The lowest BCUT2D eigenvalue weighted by Gasteiger charge is -2.34. The van der Waals surface area contributed by atoms with Gasteiger partial charge in [-0.05, 0) is 37.8 Å². The topological polar surface area (TPSA) is 58.6 Å². The van der Waals surface area contributed by atoms with E-state index in [1.165, 1.54) is 0 Å². The molecule has 2 amide bonds. The number of benzene rings is 1. The Bertz CT molecular complexity index is 573. The third-order valence-electron chi connectivity index (χ3n) is 4.61. The van der Waals surface area contributed by atoms with Gasteiger partial charge in [0.05, 0.1) is 0 Å². The number of carbonyl (C=O) groups excluding carboxylic acids is 2. The van der Waals surface area contributed by atoms with Crippen molar-refractivity contribution in [1.29, 1.82) is 0 Å². The van der Waals surface area contributed by atoms with Gasteiger partial charge >= 0.3 is 0 Å². The number of likely N-dealkylation sites (tertiary alicyclic amines) is 1. The molecule has 23 heavy (non-hydrogen) atoms. The highest BCUT2D eigenvalue weighted by atomic mass is 16.5. The van der Waals surface area contributed by atoms with Crippen LogP contribution in [0, 0.1) is 6.92 Å². The standard InChI is InChI=1S/C18H26N2O3/c1-14-7-4-5-8-15(14)13-20-16(21)9-10-18(20,2)17(22)19-11-6-12-23-3/h4-5,7-8H,6,9-13H2,1-3H3,(H,19,22)/t18-/m1/s1. The van der Waals surface area contributed by atoms with Crippen LogP contribution in [-0.2, 0) is 20.9 Å². The zero-order valence-electron chi connectivity index (χ0n) is 14.2. The Kier molecular flexibility index (Phi) is 5.77. The molecular weight excluding hydrogens is 292 g/mol. The average molecular weight is 318 g/mol. The summed E-state index contributed by atoms with van der Waals surface area (Å²) in [6.07, 6.45) is 1.76. The molecule has 0 aromatic heterocycles. The minimum atomic E-state index is -0.771. The average Bonchev–Trinajstić information content (AvgIpc) is 2.83. The van der Waals surface area contributed by atoms with Gasteiger partial charge in [-0.25, -0.2) is 0 Å². The highest BCUT2D eigenvalue weighted by Gasteiger charge is 2.47. The third kappa shape index (κ3) is 3.91. The van der Waals surface area contributed by atoms with Gasteiger partial charge in [0.15, 0.2) is 0 Å². The molecule has 1 aliphatic heterocycles. The molecule has 1 saturated heterocycles. The van der Waals surface area contributed by atoms with Gasteiger partial charge in [-0.1, -0.05) is 24.3 Å². The second-order valence-electron chi connectivity index (χ2n) is 6.28. The molecule has 0 saturated carbocycles. The van der Waals surface area contributed by atoms with Gasteiger partial charge < -0.3 is 15.0 Å². The SMILES string of the molecule is COCCCNC(=O)[C@@]1(C)CCC(=O)N1Cc1ccccc1C. The fourth-order valence-corrected chi connectivity index (χ4v) is 2.96. The summed E-state index contributed by atoms with van der Waals surface area (Å²) < 4.78 is 4.99. The Labute approximate surface area is 138 Å². The number of aryl methyl sites for hydroxylation is 1. The van der Waals surface area contributed by atoms with Crippen molar-refractivity contribution in [2.24, 2.45) is 0 Å². The van der Waals surface area contributed by atoms with Gasteiger partial charge in [0, 0.05) is 33.2 Å². The van der Waals surface area contributed by atoms with E-state index in [9.17, 15) is 9.59 Å². The first-order valence-electron chi connectivity index (χ1n) is 8.11. The van der Waals surface area contributed by atoms with E-state index in [0.29, 0.717) is 32.5 Å². The summed E-state index contributed by atoms with van der Waals surface area (Å²) in [7, 11) is 1.64. The Balaban J connectivity index is 2.08. The molecule has 1 aromatic carbocycles. The molecule has 1 aliphatic rings. The molecule has 0 aliphatic carbocycles. The normalized spacial score (nSPS) is 20.8. The molecule has 1 heterocycles. The van der Waals surface area contributed by atoms with E-state index in [-0.39, 0.29) is 11.8 Å². The summed E-state index contributed by atoms with van der Waals surface area (Å²) in [5, 5.41) is 2.94. The first-order chi connectivity index (χ1) is 11.0. The fourth-order valence-electron chi connectivity index (χ4n) is 2.96. The molecule has 0 spiro atoms. The monoisotopic (exact) mass is 318 g/mol. The van der Waals surface area contributed by atoms with Crippen LogP contribution in [0.5, 0.6) is 0 Å². The van der Waals surface area contributed by atoms with E-state index < -0.39 is 5.54 Å². The lowest BCUT2D eigenvalue weighted by molar-refractivity contribution is -0.141. The van der Waals surface area contributed by atoms with Gasteiger partial charge in [-0.15, -0.1) is 0 Å². The summed E-state index contributed by atoms with van der Waals surface area (Å²) >= 11 is 0. The highest BCUT2D eigenvalue weighted by molar-refractivity contribution is 5.94. The van der Waals surface area contributed by atoms with Crippen LogP contribution in [0.15, 0.2) is 24.3 Å². The second kappa shape index (κ2) is 7.59. The van der Waals surface area contributed by atoms with E-state index in [2.05, 4.69) is 5.32 Å². The minimum Gasteiger partial charge on any atom is -0.385 e. The van der Waals surface area contributed by atoms with Gasteiger partial charge in [0.25, 0.3) is 0 Å². The van der Waals surface area contributed by atoms with Gasteiger partial charge in [0.1, 0.15) is 5.54 Å². The molecule has 5 nitrogen and oxygen atoms in total. The number of ether oxygens (including phenoxy) is 1. The molecule has 0 unspecified atom stereocenters. The van der Waals surface area contributed by atoms with Crippen LogP contribution in [0.1, 0.15) is 37.3 Å². The lowest BCUT2D eigenvalue weighted by atomic mass is 9.96. The van der Waals surface area contributed by atoms with E-state index in [0.717, 1.165) is 17.5 Å². The van der Waals surface area contributed by atoms with E-state index in [1.807, 2.05) is 38.1 Å². The summed E-state index contributed by atoms with van der Waals surface area (Å²) in [5.74, 6) is -0.0316. The predicted molar refractivity (Wildman–Crippen MR) is 88.9 cm³/mol. The number of hydrogen-bond donors (Lipinski definition) is 1. The first-order valence-corrected chi connectivity index (χ1v) is 8.11. The summed E-state index contributed by atoms with van der Waals surface area (Å²) in [5.41, 5.74) is 1.45. The first kappa shape index (κ1) is 17.5. The van der Waals surface area contributed by atoms with Crippen LogP contribution in [0.25, 0.3) is 0 Å². The van der Waals surface area contributed by atoms with Crippen molar-refractivity contribution in [3.8, 4) is 0 Å². The maximum Gasteiger partial charge on any atom is 0.245 e. The summed E-state index contributed by atoms with van der Waals surface area (Å²) in [6, 6.07) is 7.98. The zero-order valence-corrected chi connectivity index (χ0v) is 14.2. The Morgan fingerprint density at radius 2 is 2.13 bits per heavy atom. The van der Waals surface area contributed by atoms with Crippen LogP contribution >= 0.6 is 0 Å². The molecule has 0 radical (unpaired) electrons. The molecule has 126 valence electrons. The van der Waals surface area contributed by atoms with Crippen LogP contribution in [0.3, 0.4) is 0 Å².